The van der Waals surface area contributed by atoms with Crippen LogP contribution in [0.1, 0.15) is 23.3 Å². The van der Waals surface area contributed by atoms with Gasteiger partial charge in [-0.15, -0.1) is 0 Å². The number of rotatable bonds is 6. The summed E-state index contributed by atoms with van der Waals surface area (Å²) in [5.41, 5.74) is -0.209. The molecule has 0 radical (unpaired) electrons. The summed E-state index contributed by atoms with van der Waals surface area (Å²) in [6.07, 6.45) is 3.36. The van der Waals surface area contributed by atoms with Crippen molar-refractivity contribution in [2.45, 2.75) is 18.9 Å². The van der Waals surface area contributed by atoms with Gasteiger partial charge >= 0.3 is 5.97 Å². The standard InChI is InChI=1S/C13H16N2O5/c16-11(15-7-9-3-2-6-19-9)8-20-10-4-1-5-14-12(10)13(17)18/h1,4-5,9H,2-3,6-8H2,(H,15,16)(H,17,18). The molecule has 1 aromatic rings. The Bertz CT molecular complexity index is 485. The maximum absolute atomic E-state index is 11.6. The minimum absolute atomic E-state index is 0.0620. The molecular weight excluding hydrogens is 264 g/mol. The van der Waals surface area contributed by atoms with E-state index in [0.717, 1.165) is 19.4 Å². The number of nitrogens with one attached hydrogen (secondary N) is 1. The molecule has 1 atom stereocenters. The number of pyridine rings is 1. The molecule has 2 rings (SSSR count). The van der Waals surface area contributed by atoms with Gasteiger partial charge < -0.3 is 19.9 Å². The number of carboxylic acid groups (broad SMARTS) is 1. The third kappa shape index (κ3) is 3.92. The van der Waals surface area contributed by atoms with Crippen molar-refractivity contribution in [3.63, 3.8) is 0 Å². The molecule has 1 aliphatic rings. The molecule has 2 heterocycles. The lowest BCUT2D eigenvalue weighted by molar-refractivity contribution is -0.123. The molecular formula is C13H16N2O5. The van der Waals surface area contributed by atoms with E-state index in [4.69, 9.17) is 14.6 Å². The predicted molar refractivity (Wildman–Crippen MR) is 68.7 cm³/mol. The van der Waals surface area contributed by atoms with Crippen LogP contribution in [0.4, 0.5) is 0 Å². The Kier molecular flexibility index (Phi) is 4.89. The van der Waals surface area contributed by atoms with E-state index in [0.29, 0.717) is 6.54 Å². The molecule has 1 fully saturated rings. The van der Waals surface area contributed by atoms with E-state index in [1.807, 2.05) is 0 Å². The first-order valence-electron chi connectivity index (χ1n) is 6.36. The molecule has 7 heteroatoms. The van der Waals surface area contributed by atoms with Crippen molar-refractivity contribution in [2.24, 2.45) is 0 Å². The van der Waals surface area contributed by atoms with Crippen LogP contribution in [-0.4, -0.2) is 47.8 Å². The third-order valence-corrected chi connectivity index (χ3v) is 2.88. The van der Waals surface area contributed by atoms with Gasteiger partial charge in [-0.25, -0.2) is 9.78 Å². The van der Waals surface area contributed by atoms with E-state index in [1.54, 1.807) is 6.07 Å². The summed E-state index contributed by atoms with van der Waals surface area (Å²) in [7, 11) is 0. The van der Waals surface area contributed by atoms with E-state index < -0.39 is 5.97 Å². The molecule has 108 valence electrons. The van der Waals surface area contributed by atoms with Crippen molar-refractivity contribution in [1.29, 1.82) is 0 Å². The Morgan fingerprint density at radius 2 is 2.40 bits per heavy atom. The number of ether oxygens (including phenoxy) is 2. The zero-order chi connectivity index (χ0) is 14.4. The lowest BCUT2D eigenvalue weighted by Crippen LogP contribution is -2.35. The number of amides is 1. The molecule has 0 saturated carbocycles. The molecule has 7 nitrogen and oxygen atoms in total. The topological polar surface area (TPSA) is 97.8 Å². The number of carbonyl (C=O) groups excluding carboxylic acids is 1. The van der Waals surface area contributed by atoms with Crippen molar-refractivity contribution in [2.75, 3.05) is 19.8 Å². The summed E-state index contributed by atoms with van der Waals surface area (Å²) in [6, 6.07) is 3.01. The zero-order valence-electron chi connectivity index (χ0n) is 10.9. The Hall–Kier alpha value is -2.15. The summed E-state index contributed by atoms with van der Waals surface area (Å²) in [5, 5.41) is 11.6. The number of aromatic nitrogens is 1. The molecule has 1 aromatic heterocycles. The quantitative estimate of drug-likeness (QED) is 0.785. The molecule has 0 aliphatic carbocycles. The first-order valence-corrected chi connectivity index (χ1v) is 6.36. The minimum atomic E-state index is -1.19. The fourth-order valence-electron chi connectivity index (χ4n) is 1.89. The lowest BCUT2D eigenvalue weighted by Gasteiger charge is -2.11. The van der Waals surface area contributed by atoms with E-state index in [1.165, 1.54) is 12.3 Å². The van der Waals surface area contributed by atoms with E-state index in [-0.39, 0.29) is 30.1 Å². The van der Waals surface area contributed by atoms with Crippen molar-refractivity contribution in [3.8, 4) is 5.75 Å². The summed E-state index contributed by atoms with van der Waals surface area (Å²) in [5.74, 6) is -1.44. The third-order valence-electron chi connectivity index (χ3n) is 2.88. The van der Waals surface area contributed by atoms with Gasteiger partial charge in [-0.2, -0.15) is 0 Å². The molecule has 2 N–H and O–H groups in total. The molecule has 0 bridgehead atoms. The highest BCUT2D eigenvalue weighted by Gasteiger charge is 2.17. The van der Waals surface area contributed by atoms with Crippen LogP contribution in [0.15, 0.2) is 18.3 Å². The molecule has 1 amide bonds. The van der Waals surface area contributed by atoms with Crippen LogP contribution < -0.4 is 10.1 Å². The van der Waals surface area contributed by atoms with Crippen molar-refractivity contribution in [1.82, 2.24) is 10.3 Å². The fourth-order valence-corrected chi connectivity index (χ4v) is 1.89. The normalized spacial score (nSPS) is 17.7. The second-order valence-corrected chi connectivity index (χ2v) is 4.38. The lowest BCUT2D eigenvalue weighted by atomic mass is 10.2. The second-order valence-electron chi connectivity index (χ2n) is 4.38. The molecule has 1 aliphatic heterocycles. The van der Waals surface area contributed by atoms with Crippen LogP contribution in [0.5, 0.6) is 5.75 Å². The predicted octanol–water partition coefficient (Wildman–Crippen LogP) is 0.454. The van der Waals surface area contributed by atoms with E-state index in [9.17, 15) is 9.59 Å². The second kappa shape index (κ2) is 6.85. The van der Waals surface area contributed by atoms with Gasteiger partial charge in [0.25, 0.3) is 5.91 Å². The van der Waals surface area contributed by atoms with Crippen molar-refractivity contribution < 1.29 is 24.2 Å². The van der Waals surface area contributed by atoms with Gasteiger partial charge in [0.05, 0.1) is 6.10 Å². The Morgan fingerprint density at radius 1 is 1.55 bits per heavy atom. The summed E-state index contributed by atoms with van der Waals surface area (Å²) >= 11 is 0. The van der Waals surface area contributed by atoms with Crippen LogP contribution in [0, 0.1) is 0 Å². The highest BCUT2D eigenvalue weighted by molar-refractivity contribution is 5.88. The van der Waals surface area contributed by atoms with Gasteiger partial charge in [0.15, 0.2) is 18.1 Å². The maximum Gasteiger partial charge on any atom is 0.358 e. The molecule has 0 aromatic carbocycles. The van der Waals surface area contributed by atoms with E-state index >= 15 is 0 Å². The van der Waals surface area contributed by atoms with Crippen molar-refractivity contribution >= 4 is 11.9 Å². The molecule has 1 unspecified atom stereocenters. The largest absolute Gasteiger partial charge is 0.481 e. The average molecular weight is 280 g/mol. The fraction of sp³-hybridized carbons (Fsp3) is 0.462. The van der Waals surface area contributed by atoms with Crippen LogP contribution in [0.25, 0.3) is 0 Å². The molecule has 1 saturated heterocycles. The van der Waals surface area contributed by atoms with Gasteiger partial charge in [-0.3, -0.25) is 4.79 Å². The average Bonchev–Trinajstić information content (AvgIpc) is 2.96. The molecule has 0 spiro atoms. The number of aromatic carboxylic acids is 1. The Balaban J connectivity index is 1.79. The van der Waals surface area contributed by atoms with Crippen LogP contribution >= 0.6 is 0 Å². The van der Waals surface area contributed by atoms with Crippen LogP contribution in [0.3, 0.4) is 0 Å². The number of carboxylic acids is 1. The number of hydrogen-bond acceptors (Lipinski definition) is 5. The van der Waals surface area contributed by atoms with Gasteiger partial charge in [0.2, 0.25) is 0 Å². The number of carbonyl (C=O) groups is 2. The number of nitrogens with zero attached hydrogens (tertiary/aromatic N) is 1. The summed E-state index contributed by atoms with van der Waals surface area (Å²) in [4.78, 5) is 26.2. The molecule has 20 heavy (non-hydrogen) atoms. The summed E-state index contributed by atoms with van der Waals surface area (Å²) in [6.45, 7) is 0.925. The van der Waals surface area contributed by atoms with E-state index in [2.05, 4.69) is 10.3 Å². The van der Waals surface area contributed by atoms with Gasteiger partial charge in [0.1, 0.15) is 0 Å². The monoisotopic (exact) mass is 280 g/mol. The van der Waals surface area contributed by atoms with Gasteiger partial charge in [-0.1, -0.05) is 0 Å². The first-order chi connectivity index (χ1) is 9.66. The summed E-state index contributed by atoms with van der Waals surface area (Å²) < 4.78 is 10.6. The highest BCUT2D eigenvalue weighted by Crippen LogP contribution is 2.15. The van der Waals surface area contributed by atoms with Gasteiger partial charge in [0, 0.05) is 19.3 Å². The van der Waals surface area contributed by atoms with Crippen molar-refractivity contribution in [3.05, 3.63) is 24.0 Å². The Labute approximate surface area is 115 Å². The smallest absolute Gasteiger partial charge is 0.358 e. The number of hydrogen-bond donors (Lipinski definition) is 2. The Morgan fingerprint density at radius 3 is 3.10 bits per heavy atom. The van der Waals surface area contributed by atoms with Gasteiger partial charge in [-0.05, 0) is 25.0 Å². The van der Waals surface area contributed by atoms with Crippen LogP contribution in [0.2, 0.25) is 0 Å². The SMILES string of the molecule is O=C(COc1cccnc1C(=O)O)NCC1CCCO1. The first kappa shape index (κ1) is 14.3. The maximum atomic E-state index is 11.6. The van der Waals surface area contributed by atoms with Crippen LogP contribution in [-0.2, 0) is 9.53 Å². The minimum Gasteiger partial charge on any atom is -0.481 e. The zero-order valence-corrected chi connectivity index (χ0v) is 10.9. The highest BCUT2D eigenvalue weighted by atomic mass is 16.5.